The van der Waals surface area contributed by atoms with Gasteiger partial charge in [-0.3, -0.25) is 0 Å². The monoisotopic (exact) mass is 244 g/mol. The van der Waals surface area contributed by atoms with Crippen LogP contribution in [0, 0.1) is 6.92 Å². The topological polar surface area (TPSA) is 17.4 Å². The fraction of sp³-hybridized carbons (Fsp3) is 0.467. The van der Waals surface area contributed by atoms with Crippen LogP contribution in [0.25, 0.3) is 10.9 Å². The fourth-order valence-corrected chi connectivity index (χ4v) is 2.90. The third-order valence-corrected chi connectivity index (χ3v) is 3.96. The minimum atomic E-state index is 0.629. The van der Waals surface area contributed by atoms with Crippen molar-refractivity contribution in [1.29, 1.82) is 0 Å². The van der Waals surface area contributed by atoms with Crippen LogP contribution in [0.4, 0.5) is 0 Å². The molecule has 96 valence electrons. The van der Waals surface area contributed by atoms with E-state index >= 15 is 0 Å². The number of fused-ring (bicyclic) bond motifs is 1. The Kier molecular flexibility index (Phi) is 2.59. The number of likely N-dealkylation sites (N-methyl/N-ethyl adjacent to an activating group) is 1. The molecule has 2 unspecified atom stereocenters. The zero-order chi connectivity index (χ0) is 12.9. The Morgan fingerprint density at radius 1 is 1.33 bits per heavy atom. The first kappa shape index (κ1) is 11.6. The average molecular weight is 244 g/mol. The SMILES string of the molecule is COc1cc(C)c2c(ccn2C2CC2N(C)C)c1. The maximum absolute atomic E-state index is 5.33. The molecule has 0 aliphatic heterocycles. The quantitative estimate of drug-likeness (QED) is 0.826. The first-order chi connectivity index (χ1) is 8.61. The number of hydrogen-bond donors (Lipinski definition) is 0. The number of benzene rings is 1. The predicted molar refractivity (Wildman–Crippen MR) is 74.4 cm³/mol. The second-order valence-corrected chi connectivity index (χ2v) is 5.44. The predicted octanol–water partition coefficient (Wildman–Crippen LogP) is 2.83. The Hall–Kier alpha value is -1.48. The lowest BCUT2D eigenvalue weighted by molar-refractivity contribution is 0.377. The van der Waals surface area contributed by atoms with Crippen LogP contribution in [0.1, 0.15) is 18.0 Å². The maximum Gasteiger partial charge on any atom is 0.119 e. The van der Waals surface area contributed by atoms with Crippen molar-refractivity contribution < 1.29 is 4.74 Å². The molecular weight excluding hydrogens is 224 g/mol. The first-order valence-electron chi connectivity index (χ1n) is 6.43. The van der Waals surface area contributed by atoms with Crippen LogP contribution in [0.2, 0.25) is 0 Å². The van der Waals surface area contributed by atoms with Crippen molar-refractivity contribution in [2.75, 3.05) is 21.2 Å². The number of nitrogens with zero attached hydrogens (tertiary/aromatic N) is 2. The van der Waals surface area contributed by atoms with Crippen LogP contribution in [0.3, 0.4) is 0 Å². The lowest BCUT2D eigenvalue weighted by Crippen LogP contribution is -2.17. The fourth-order valence-electron chi connectivity index (χ4n) is 2.90. The van der Waals surface area contributed by atoms with Gasteiger partial charge in [0.05, 0.1) is 18.7 Å². The largest absolute Gasteiger partial charge is 0.497 e. The zero-order valence-corrected chi connectivity index (χ0v) is 11.5. The van der Waals surface area contributed by atoms with E-state index in [0.717, 1.165) is 5.75 Å². The van der Waals surface area contributed by atoms with Crippen molar-refractivity contribution >= 4 is 10.9 Å². The number of hydrogen-bond acceptors (Lipinski definition) is 2. The highest BCUT2D eigenvalue weighted by molar-refractivity contribution is 5.85. The molecule has 18 heavy (non-hydrogen) atoms. The van der Waals surface area contributed by atoms with E-state index in [0.29, 0.717) is 12.1 Å². The van der Waals surface area contributed by atoms with Gasteiger partial charge >= 0.3 is 0 Å². The van der Waals surface area contributed by atoms with E-state index in [1.54, 1.807) is 7.11 Å². The summed E-state index contributed by atoms with van der Waals surface area (Å²) in [6.45, 7) is 2.16. The Bertz CT molecular complexity index is 585. The molecule has 1 aromatic carbocycles. The van der Waals surface area contributed by atoms with Gasteiger partial charge in [0, 0.05) is 17.6 Å². The standard InChI is InChI=1S/C15H20N2O/c1-10-7-12(18-4)8-11-5-6-17(15(10)11)14-9-13(14)16(2)3/h5-8,13-14H,9H2,1-4H3. The van der Waals surface area contributed by atoms with Gasteiger partial charge in [-0.05, 0) is 51.2 Å². The maximum atomic E-state index is 5.33. The highest BCUT2D eigenvalue weighted by Crippen LogP contribution is 2.42. The smallest absolute Gasteiger partial charge is 0.119 e. The summed E-state index contributed by atoms with van der Waals surface area (Å²) in [4.78, 5) is 2.31. The summed E-state index contributed by atoms with van der Waals surface area (Å²) >= 11 is 0. The molecule has 1 heterocycles. The van der Waals surface area contributed by atoms with Gasteiger partial charge in [-0.1, -0.05) is 0 Å². The van der Waals surface area contributed by atoms with E-state index in [-0.39, 0.29) is 0 Å². The third-order valence-electron chi connectivity index (χ3n) is 3.96. The summed E-state index contributed by atoms with van der Waals surface area (Å²) in [5.41, 5.74) is 2.64. The van der Waals surface area contributed by atoms with Gasteiger partial charge in [0.25, 0.3) is 0 Å². The van der Waals surface area contributed by atoms with E-state index in [2.05, 4.69) is 54.9 Å². The Labute approximate surface area is 108 Å². The highest BCUT2D eigenvalue weighted by atomic mass is 16.5. The number of aromatic nitrogens is 1. The first-order valence-corrected chi connectivity index (χ1v) is 6.43. The lowest BCUT2D eigenvalue weighted by atomic mass is 10.1. The minimum Gasteiger partial charge on any atom is -0.497 e. The van der Waals surface area contributed by atoms with Crippen molar-refractivity contribution in [3.05, 3.63) is 30.0 Å². The number of ether oxygens (including phenoxy) is 1. The van der Waals surface area contributed by atoms with E-state index in [1.807, 2.05) is 0 Å². The van der Waals surface area contributed by atoms with Gasteiger partial charge in [0.15, 0.2) is 0 Å². The molecule has 0 radical (unpaired) electrons. The molecule has 1 saturated carbocycles. The summed E-state index contributed by atoms with van der Waals surface area (Å²) in [7, 11) is 6.04. The molecule has 2 atom stereocenters. The Morgan fingerprint density at radius 2 is 2.11 bits per heavy atom. The van der Waals surface area contributed by atoms with Crippen LogP contribution in [-0.4, -0.2) is 36.7 Å². The van der Waals surface area contributed by atoms with E-state index in [9.17, 15) is 0 Å². The second kappa shape index (κ2) is 4.02. The molecule has 1 aliphatic rings. The van der Waals surface area contributed by atoms with Crippen LogP contribution < -0.4 is 4.74 Å². The van der Waals surface area contributed by atoms with Crippen molar-refractivity contribution in [3.8, 4) is 5.75 Å². The summed E-state index contributed by atoms with van der Waals surface area (Å²) in [6.07, 6.45) is 3.47. The average Bonchev–Trinajstić information content (AvgIpc) is 3.02. The minimum absolute atomic E-state index is 0.629. The van der Waals surface area contributed by atoms with Crippen molar-refractivity contribution in [2.45, 2.75) is 25.4 Å². The van der Waals surface area contributed by atoms with Gasteiger partial charge in [-0.25, -0.2) is 0 Å². The molecule has 0 N–H and O–H groups in total. The molecule has 1 aromatic heterocycles. The number of rotatable bonds is 3. The Morgan fingerprint density at radius 3 is 2.72 bits per heavy atom. The second-order valence-electron chi connectivity index (χ2n) is 5.44. The molecule has 2 aromatic rings. The van der Waals surface area contributed by atoms with Crippen LogP contribution in [0.5, 0.6) is 5.75 Å². The van der Waals surface area contributed by atoms with Crippen LogP contribution in [0.15, 0.2) is 24.4 Å². The van der Waals surface area contributed by atoms with Gasteiger partial charge in [-0.15, -0.1) is 0 Å². The molecule has 3 heteroatoms. The summed E-state index contributed by atoms with van der Waals surface area (Å²) in [5.74, 6) is 0.942. The van der Waals surface area contributed by atoms with Gasteiger partial charge < -0.3 is 14.2 Å². The molecule has 1 fully saturated rings. The molecule has 0 amide bonds. The van der Waals surface area contributed by atoms with Crippen molar-refractivity contribution in [2.24, 2.45) is 0 Å². The van der Waals surface area contributed by atoms with Crippen molar-refractivity contribution in [3.63, 3.8) is 0 Å². The number of aryl methyl sites for hydroxylation is 1. The highest BCUT2D eigenvalue weighted by Gasteiger charge is 2.40. The summed E-state index contributed by atoms with van der Waals surface area (Å²) in [6, 6.07) is 7.74. The zero-order valence-electron chi connectivity index (χ0n) is 11.5. The molecule has 0 saturated heterocycles. The normalized spacial score (nSPS) is 22.7. The molecule has 3 rings (SSSR count). The van der Waals surface area contributed by atoms with E-state index < -0.39 is 0 Å². The van der Waals surface area contributed by atoms with E-state index in [1.165, 1.54) is 22.9 Å². The molecule has 0 spiro atoms. The number of methoxy groups -OCH3 is 1. The van der Waals surface area contributed by atoms with Crippen LogP contribution >= 0.6 is 0 Å². The molecule has 3 nitrogen and oxygen atoms in total. The molecular formula is C15H20N2O. The third kappa shape index (κ3) is 1.70. The summed E-state index contributed by atoms with van der Waals surface area (Å²) in [5, 5.41) is 1.27. The van der Waals surface area contributed by atoms with Crippen LogP contribution in [-0.2, 0) is 0 Å². The molecule has 0 bridgehead atoms. The lowest BCUT2D eigenvalue weighted by Gasteiger charge is -2.12. The summed E-state index contributed by atoms with van der Waals surface area (Å²) < 4.78 is 7.76. The molecule has 1 aliphatic carbocycles. The van der Waals surface area contributed by atoms with Crippen molar-refractivity contribution in [1.82, 2.24) is 9.47 Å². The Balaban J connectivity index is 2.05. The van der Waals surface area contributed by atoms with Gasteiger partial charge in [0.2, 0.25) is 0 Å². The van der Waals surface area contributed by atoms with E-state index in [4.69, 9.17) is 4.74 Å². The van der Waals surface area contributed by atoms with Gasteiger partial charge in [-0.2, -0.15) is 0 Å². The van der Waals surface area contributed by atoms with Gasteiger partial charge in [0.1, 0.15) is 5.75 Å².